The molecule has 1 aromatic rings. The number of terminal acetylenes is 1. The van der Waals surface area contributed by atoms with Gasteiger partial charge in [-0.1, -0.05) is 12.8 Å². The highest BCUT2D eigenvalue weighted by Crippen LogP contribution is 2.31. The monoisotopic (exact) mass is 262 g/mol. The lowest BCUT2D eigenvalue weighted by molar-refractivity contribution is -0.386. The van der Waals surface area contributed by atoms with Gasteiger partial charge in [0.2, 0.25) is 0 Å². The molecule has 102 valence electrons. The molecular weight excluding hydrogens is 244 g/mol. The number of nitrogens with one attached hydrogen (secondary N) is 1. The topological polar surface area (TPSA) is 64.4 Å². The van der Waals surface area contributed by atoms with Gasteiger partial charge >= 0.3 is 5.69 Å². The molecule has 19 heavy (non-hydrogen) atoms. The fourth-order valence-electron chi connectivity index (χ4n) is 1.57. The number of hydrogen-bond acceptors (Lipinski definition) is 4. The molecule has 0 saturated heterocycles. The molecule has 5 heteroatoms. The Hall–Kier alpha value is -2.22. The Labute approximate surface area is 113 Å². The van der Waals surface area contributed by atoms with Crippen molar-refractivity contribution in [2.24, 2.45) is 0 Å². The van der Waals surface area contributed by atoms with Crippen LogP contribution in [-0.2, 0) is 0 Å². The summed E-state index contributed by atoms with van der Waals surface area (Å²) in [5.41, 5.74) is 0.666. The van der Waals surface area contributed by atoms with E-state index in [1.54, 1.807) is 12.1 Å². The lowest BCUT2D eigenvalue weighted by Gasteiger charge is -2.15. The van der Waals surface area contributed by atoms with Crippen LogP contribution in [0.25, 0.3) is 0 Å². The smallest absolute Gasteiger partial charge is 0.311 e. The summed E-state index contributed by atoms with van der Waals surface area (Å²) < 4.78 is 5.46. The van der Waals surface area contributed by atoms with Crippen LogP contribution < -0.4 is 10.1 Å². The molecule has 1 rings (SSSR count). The largest absolute Gasteiger partial charge is 0.484 e. The minimum atomic E-state index is -0.458. The van der Waals surface area contributed by atoms with Gasteiger partial charge in [-0.3, -0.25) is 10.1 Å². The van der Waals surface area contributed by atoms with Gasteiger partial charge in [-0.25, -0.2) is 0 Å². The Kier molecular flexibility index (Phi) is 5.19. The van der Waals surface area contributed by atoms with Crippen LogP contribution in [0.5, 0.6) is 5.75 Å². The molecule has 0 fully saturated rings. The molecule has 0 aliphatic carbocycles. The van der Waals surface area contributed by atoms with Gasteiger partial charge in [0.05, 0.1) is 17.1 Å². The second-order valence-electron chi connectivity index (χ2n) is 4.38. The maximum absolute atomic E-state index is 10.9. The number of nitro benzene ring substituents is 1. The van der Waals surface area contributed by atoms with E-state index < -0.39 is 4.92 Å². The number of benzene rings is 1. The number of hydrogen-bond donors (Lipinski definition) is 1. The van der Waals surface area contributed by atoms with E-state index in [2.05, 4.69) is 11.2 Å². The normalized spacial score (nSPS) is 11.7. The van der Waals surface area contributed by atoms with Crippen LogP contribution in [0.4, 0.5) is 11.4 Å². The first-order valence-electron chi connectivity index (χ1n) is 6.15. The second-order valence-corrected chi connectivity index (χ2v) is 4.38. The molecule has 5 nitrogen and oxygen atoms in total. The van der Waals surface area contributed by atoms with E-state index >= 15 is 0 Å². The van der Waals surface area contributed by atoms with E-state index in [1.807, 2.05) is 20.8 Å². The SMILES string of the molecule is C#CC(CC)Nc1ccc([N+](=O)[O-])c(OC(C)C)c1. The lowest BCUT2D eigenvalue weighted by atomic mass is 10.2. The van der Waals surface area contributed by atoms with E-state index in [0.29, 0.717) is 5.69 Å². The minimum absolute atomic E-state index is 0.0481. The first-order chi connectivity index (χ1) is 8.97. The molecule has 0 amide bonds. The van der Waals surface area contributed by atoms with Gasteiger partial charge in [0, 0.05) is 17.8 Å². The fourth-order valence-corrected chi connectivity index (χ4v) is 1.57. The van der Waals surface area contributed by atoms with Crippen molar-refractivity contribution in [2.75, 3.05) is 5.32 Å². The molecule has 0 heterocycles. The van der Waals surface area contributed by atoms with Crippen LogP contribution in [0.1, 0.15) is 27.2 Å². The second kappa shape index (κ2) is 6.64. The van der Waals surface area contributed by atoms with Crippen molar-refractivity contribution >= 4 is 11.4 Å². The molecule has 0 aromatic heterocycles. The van der Waals surface area contributed by atoms with E-state index in [-0.39, 0.29) is 23.6 Å². The zero-order valence-electron chi connectivity index (χ0n) is 11.3. The summed E-state index contributed by atoms with van der Waals surface area (Å²) in [5, 5.41) is 14.0. The van der Waals surface area contributed by atoms with E-state index in [9.17, 15) is 10.1 Å². The minimum Gasteiger partial charge on any atom is -0.484 e. The third-order valence-corrected chi connectivity index (χ3v) is 2.47. The summed E-state index contributed by atoms with van der Waals surface area (Å²) in [6.07, 6.45) is 6.01. The predicted octanol–water partition coefficient (Wildman–Crippen LogP) is 3.21. The lowest BCUT2D eigenvalue weighted by Crippen LogP contribution is -2.16. The van der Waals surface area contributed by atoms with Crippen molar-refractivity contribution in [1.29, 1.82) is 0 Å². The van der Waals surface area contributed by atoms with Crippen molar-refractivity contribution in [1.82, 2.24) is 0 Å². The third-order valence-electron chi connectivity index (χ3n) is 2.47. The number of ether oxygens (including phenoxy) is 1. The average molecular weight is 262 g/mol. The number of rotatable bonds is 6. The van der Waals surface area contributed by atoms with Crippen LogP contribution in [0.3, 0.4) is 0 Å². The first-order valence-corrected chi connectivity index (χ1v) is 6.15. The fraction of sp³-hybridized carbons (Fsp3) is 0.429. The van der Waals surface area contributed by atoms with Gasteiger partial charge in [-0.2, -0.15) is 0 Å². The summed E-state index contributed by atoms with van der Waals surface area (Å²) in [4.78, 5) is 10.5. The molecule has 1 aromatic carbocycles. The van der Waals surface area contributed by atoms with Crippen molar-refractivity contribution in [3.05, 3.63) is 28.3 Å². The molecule has 0 bridgehead atoms. The van der Waals surface area contributed by atoms with Gasteiger partial charge in [0.15, 0.2) is 5.75 Å². The van der Waals surface area contributed by atoms with Crippen LogP contribution in [0.2, 0.25) is 0 Å². The Morgan fingerprint density at radius 3 is 2.68 bits per heavy atom. The zero-order valence-corrected chi connectivity index (χ0v) is 11.3. The van der Waals surface area contributed by atoms with Gasteiger partial charge < -0.3 is 10.1 Å². The predicted molar refractivity (Wildman–Crippen MR) is 75.4 cm³/mol. The van der Waals surface area contributed by atoms with E-state index in [1.165, 1.54) is 6.07 Å². The van der Waals surface area contributed by atoms with Gasteiger partial charge in [-0.05, 0) is 26.3 Å². The van der Waals surface area contributed by atoms with E-state index in [4.69, 9.17) is 11.2 Å². The average Bonchev–Trinajstić information content (AvgIpc) is 2.35. The van der Waals surface area contributed by atoms with Gasteiger partial charge in [-0.15, -0.1) is 6.42 Å². The molecule has 0 spiro atoms. The maximum atomic E-state index is 10.9. The highest BCUT2D eigenvalue weighted by Gasteiger charge is 2.17. The third kappa shape index (κ3) is 4.18. The quantitative estimate of drug-likeness (QED) is 0.485. The first kappa shape index (κ1) is 14.8. The maximum Gasteiger partial charge on any atom is 0.311 e. The summed E-state index contributed by atoms with van der Waals surface area (Å²) in [6.45, 7) is 5.61. The van der Waals surface area contributed by atoms with Crippen molar-refractivity contribution in [3.8, 4) is 18.1 Å². The number of nitrogens with zero attached hydrogens (tertiary/aromatic N) is 1. The highest BCUT2D eigenvalue weighted by atomic mass is 16.6. The molecule has 1 unspecified atom stereocenters. The van der Waals surface area contributed by atoms with Gasteiger partial charge in [0.1, 0.15) is 0 Å². The zero-order chi connectivity index (χ0) is 14.4. The Bertz CT molecular complexity index is 492. The van der Waals surface area contributed by atoms with Crippen molar-refractivity contribution in [3.63, 3.8) is 0 Å². The van der Waals surface area contributed by atoms with E-state index in [0.717, 1.165) is 6.42 Å². The molecule has 0 radical (unpaired) electrons. The standard InChI is InChI=1S/C14H18N2O3/c1-5-11(6-2)15-12-7-8-13(16(17)18)14(9-12)19-10(3)4/h1,7-11,15H,6H2,2-4H3. The Morgan fingerprint density at radius 2 is 2.21 bits per heavy atom. The molecule has 0 aliphatic heterocycles. The Balaban J connectivity index is 3.04. The van der Waals surface area contributed by atoms with Crippen LogP contribution in [0.15, 0.2) is 18.2 Å². The highest BCUT2D eigenvalue weighted by molar-refractivity contribution is 5.58. The number of anilines is 1. The van der Waals surface area contributed by atoms with Crippen LogP contribution in [-0.4, -0.2) is 17.1 Å². The summed E-state index contributed by atoms with van der Waals surface area (Å²) >= 11 is 0. The molecular formula is C14H18N2O3. The van der Waals surface area contributed by atoms with Crippen LogP contribution in [0, 0.1) is 22.5 Å². The molecule has 0 saturated carbocycles. The van der Waals surface area contributed by atoms with Crippen molar-refractivity contribution < 1.29 is 9.66 Å². The summed E-state index contributed by atoms with van der Waals surface area (Å²) in [5.74, 6) is 2.86. The molecule has 1 N–H and O–H groups in total. The summed E-state index contributed by atoms with van der Waals surface area (Å²) in [7, 11) is 0. The molecule has 1 atom stereocenters. The number of nitro groups is 1. The van der Waals surface area contributed by atoms with Crippen molar-refractivity contribution in [2.45, 2.75) is 39.3 Å². The Morgan fingerprint density at radius 1 is 1.53 bits per heavy atom. The van der Waals surface area contributed by atoms with Crippen LogP contribution >= 0.6 is 0 Å². The molecule has 0 aliphatic rings. The van der Waals surface area contributed by atoms with Gasteiger partial charge in [0.25, 0.3) is 0 Å². The summed E-state index contributed by atoms with van der Waals surface area (Å²) in [6, 6.07) is 4.56.